The van der Waals surface area contributed by atoms with Gasteiger partial charge in [0.15, 0.2) is 0 Å². The Balaban J connectivity index is 1.23. The highest BCUT2D eigenvalue weighted by Gasteiger charge is 2.54. The number of hydrogen-bond acceptors (Lipinski definition) is 3. The molecule has 6 rings (SSSR count). The van der Waals surface area contributed by atoms with Gasteiger partial charge in [0.1, 0.15) is 6.54 Å². The number of likely N-dealkylation sites (tertiary alicyclic amines) is 1. The minimum absolute atomic E-state index is 0.0820. The second-order valence-electron chi connectivity index (χ2n) is 10.3. The van der Waals surface area contributed by atoms with Gasteiger partial charge < -0.3 is 5.32 Å². The molecule has 0 radical (unpaired) electrons. The van der Waals surface area contributed by atoms with Crippen LogP contribution in [0.4, 0.5) is 0 Å². The van der Waals surface area contributed by atoms with E-state index >= 15 is 0 Å². The summed E-state index contributed by atoms with van der Waals surface area (Å²) in [5.41, 5.74) is 0.247. The fourth-order valence-electron chi connectivity index (χ4n) is 7.68. The third kappa shape index (κ3) is 2.84. The van der Waals surface area contributed by atoms with E-state index in [0.717, 1.165) is 43.4 Å². The molecule has 5 aliphatic carbocycles. The van der Waals surface area contributed by atoms with Crippen molar-refractivity contribution in [2.45, 2.75) is 77.2 Å². The molecule has 27 heavy (non-hydrogen) atoms. The summed E-state index contributed by atoms with van der Waals surface area (Å²) in [6.45, 7) is 2.07. The fraction of sp³-hybridized carbons (Fsp3) is 0.864. The van der Waals surface area contributed by atoms with Gasteiger partial charge in [-0.15, -0.1) is 0 Å². The average molecular weight is 373 g/mol. The van der Waals surface area contributed by atoms with Crippen molar-refractivity contribution >= 4 is 17.7 Å². The molecule has 1 saturated heterocycles. The van der Waals surface area contributed by atoms with Crippen LogP contribution in [0, 0.1) is 35.0 Å². The first-order chi connectivity index (χ1) is 12.9. The van der Waals surface area contributed by atoms with Gasteiger partial charge in [-0.3, -0.25) is 19.3 Å². The van der Waals surface area contributed by atoms with Crippen LogP contribution >= 0.6 is 0 Å². The first kappa shape index (κ1) is 17.7. The van der Waals surface area contributed by atoms with Gasteiger partial charge in [-0.1, -0.05) is 12.8 Å². The maximum absolute atomic E-state index is 12.7. The third-order valence-corrected chi connectivity index (χ3v) is 8.62. The first-order valence-electron chi connectivity index (χ1n) is 11.1. The number of fused-ring (bicyclic) bond motifs is 1. The zero-order chi connectivity index (χ0) is 18.8. The first-order valence-corrected chi connectivity index (χ1v) is 11.1. The van der Waals surface area contributed by atoms with E-state index in [1.165, 1.54) is 43.4 Å². The van der Waals surface area contributed by atoms with Crippen LogP contribution in [0.5, 0.6) is 0 Å². The van der Waals surface area contributed by atoms with Gasteiger partial charge in [0.2, 0.25) is 17.7 Å². The summed E-state index contributed by atoms with van der Waals surface area (Å²) >= 11 is 0. The van der Waals surface area contributed by atoms with Crippen LogP contribution in [0.2, 0.25) is 0 Å². The van der Waals surface area contributed by atoms with Crippen LogP contribution in [0.15, 0.2) is 0 Å². The van der Waals surface area contributed by atoms with Gasteiger partial charge in [0, 0.05) is 6.04 Å². The summed E-state index contributed by atoms with van der Waals surface area (Å²) in [5.74, 6) is 1.84. The number of carbonyl (C=O) groups is 3. The molecule has 0 aromatic rings. The molecule has 0 aromatic carbocycles. The second kappa shape index (κ2) is 6.31. The Labute approximate surface area is 161 Å². The molecule has 1 aliphatic heterocycles. The minimum Gasteiger partial charge on any atom is -0.352 e. The minimum atomic E-state index is -0.167. The third-order valence-electron chi connectivity index (χ3n) is 8.62. The quantitative estimate of drug-likeness (QED) is 0.772. The molecule has 0 spiro atoms. The maximum atomic E-state index is 12.7. The zero-order valence-electron chi connectivity index (χ0n) is 16.4. The Bertz CT molecular complexity index is 613. The Kier molecular flexibility index (Phi) is 4.14. The normalized spacial score (nSPS) is 43.7. The van der Waals surface area contributed by atoms with Crippen molar-refractivity contribution in [3.05, 3.63) is 0 Å². The molecule has 3 amide bonds. The van der Waals surface area contributed by atoms with Crippen molar-refractivity contribution < 1.29 is 14.4 Å². The van der Waals surface area contributed by atoms with Crippen LogP contribution < -0.4 is 5.32 Å². The van der Waals surface area contributed by atoms with Crippen LogP contribution in [-0.2, 0) is 14.4 Å². The van der Waals surface area contributed by atoms with Crippen LogP contribution in [0.1, 0.15) is 71.1 Å². The van der Waals surface area contributed by atoms with Crippen molar-refractivity contribution in [3.8, 4) is 0 Å². The molecular weight excluding hydrogens is 340 g/mol. The number of carbonyl (C=O) groups excluding carboxylic acids is 3. The molecule has 6 fully saturated rings. The van der Waals surface area contributed by atoms with Crippen molar-refractivity contribution in [1.82, 2.24) is 10.2 Å². The van der Waals surface area contributed by atoms with Crippen molar-refractivity contribution in [2.75, 3.05) is 6.54 Å². The number of hydrogen-bond donors (Lipinski definition) is 1. The highest BCUT2D eigenvalue weighted by Crippen LogP contribution is 2.61. The number of imide groups is 1. The Morgan fingerprint density at radius 2 is 1.48 bits per heavy atom. The molecule has 3 atom stereocenters. The molecule has 5 nitrogen and oxygen atoms in total. The van der Waals surface area contributed by atoms with E-state index in [1.807, 2.05) is 0 Å². The molecule has 4 bridgehead atoms. The standard InChI is InChI=1S/C22H32N2O3/c1-13(22-9-14-6-15(10-22)8-16(7-14)11-22)23-19(25)12-24-20(26)17-4-2-3-5-18(17)21(24)27/h13-18H,2-12H2,1H3,(H,23,25)/t13-,14?,15?,16?,17-,18-,22?/m0/s1. The van der Waals surface area contributed by atoms with E-state index < -0.39 is 0 Å². The Hall–Kier alpha value is -1.39. The van der Waals surface area contributed by atoms with E-state index in [4.69, 9.17) is 0 Å². The van der Waals surface area contributed by atoms with Gasteiger partial charge in [-0.25, -0.2) is 0 Å². The van der Waals surface area contributed by atoms with E-state index in [0.29, 0.717) is 0 Å². The molecule has 5 saturated carbocycles. The Morgan fingerprint density at radius 1 is 1.00 bits per heavy atom. The smallest absolute Gasteiger partial charge is 0.240 e. The maximum Gasteiger partial charge on any atom is 0.240 e. The molecule has 0 unspecified atom stereocenters. The molecule has 0 aromatic heterocycles. The van der Waals surface area contributed by atoms with Crippen LogP contribution in [-0.4, -0.2) is 35.2 Å². The lowest BCUT2D eigenvalue weighted by Gasteiger charge is -2.59. The largest absolute Gasteiger partial charge is 0.352 e. The predicted molar refractivity (Wildman–Crippen MR) is 100 cm³/mol. The average Bonchev–Trinajstić information content (AvgIpc) is 2.86. The molecule has 1 N–H and O–H groups in total. The van der Waals surface area contributed by atoms with Crippen LogP contribution in [0.3, 0.4) is 0 Å². The summed E-state index contributed by atoms with van der Waals surface area (Å²) in [5, 5.41) is 3.20. The zero-order valence-corrected chi connectivity index (χ0v) is 16.4. The topological polar surface area (TPSA) is 66.5 Å². The highest BCUT2D eigenvalue weighted by molar-refractivity contribution is 6.07. The Morgan fingerprint density at radius 3 is 1.96 bits per heavy atom. The lowest BCUT2D eigenvalue weighted by atomic mass is 9.48. The summed E-state index contributed by atoms with van der Waals surface area (Å²) in [6.07, 6.45) is 11.5. The van der Waals surface area contributed by atoms with E-state index in [9.17, 15) is 14.4 Å². The summed E-state index contributed by atoms with van der Waals surface area (Å²) in [6, 6.07) is 0.133. The monoisotopic (exact) mass is 372 g/mol. The molecule has 148 valence electrons. The van der Waals surface area contributed by atoms with Gasteiger partial charge in [0.05, 0.1) is 11.8 Å². The molecular formula is C22H32N2O3. The number of amides is 3. The molecule has 1 heterocycles. The fourth-order valence-corrected chi connectivity index (χ4v) is 7.68. The van der Waals surface area contributed by atoms with Gasteiger partial charge in [-0.2, -0.15) is 0 Å². The van der Waals surface area contributed by atoms with Crippen molar-refractivity contribution in [3.63, 3.8) is 0 Å². The van der Waals surface area contributed by atoms with Gasteiger partial charge in [0.25, 0.3) is 0 Å². The summed E-state index contributed by atoms with van der Waals surface area (Å²) in [7, 11) is 0. The summed E-state index contributed by atoms with van der Waals surface area (Å²) in [4.78, 5) is 39.2. The number of nitrogens with zero attached hydrogens (tertiary/aromatic N) is 1. The van der Waals surface area contributed by atoms with Crippen LogP contribution in [0.25, 0.3) is 0 Å². The lowest BCUT2D eigenvalue weighted by molar-refractivity contribution is -0.144. The highest BCUT2D eigenvalue weighted by atomic mass is 16.2. The molecule has 5 heteroatoms. The van der Waals surface area contributed by atoms with Gasteiger partial charge >= 0.3 is 0 Å². The second-order valence-corrected chi connectivity index (χ2v) is 10.3. The lowest BCUT2D eigenvalue weighted by Crippen LogP contribution is -2.57. The van der Waals surface area contributed by atoms with E-state index in [1.54, 1.807) is 0 Å². The van der Waals surface area contributed by atoms with Crippen molar-refractivity contribution in [2.24, 2.45) is 35.0 Å². The molecule has 6 aliphatic rings. The number of nitrogens with one attached hydrogen (secondary N) is 1. The van der Waals surface area contributed by atoms with E-state index in [2.05, 4.69) is 12.2 Å². The van der Waals surface area contributed by atoms with Crippen molar-refractivity contribution in [1.29, 1.82) is 0 Å². The van der Waals surface area contributed by atoms with Gasteiger partial charge in [-0.05, 0) is 81.5 Å². The SMILES string of the molecule is C[C@H](NC(=O)CN1C(=O)[C@H]2CCCC[C@@H]2C1=O)C12CC3CC(CC(C3)C1)C2. The van der Waals surface area contributed by atoms with E-state index in [-0.39, 0.29) is 47.6 Å². The predicted octanol–water partition coefficient (Wildman–Crippen LogP) is 2.88. The number of rotatable bonds is 4. The summed E-state index contributed by atoms with van der Waals surface area (Å²) < 4.78 is 0.